The van der Waals surface area contributed by atoms with Gasteiger partial charge in [-0.25, -0.2) is 4.79 Å². The summed E-state index contributed by atoms with van der Waals surface area (Å²) in [5, 5.41) is 39.4. The average Bonchev–Trinajstić information content (AvgIpc) is 3.47. The van der Waals surface area contributed by atoms with Gasteiger partial charge in [0, 0.05) is 36.4 Å². The monoisotopic (exact) mass is 666 g/mol. The number of carbonyl (C=O) groups excluding carboxylic acids is 4. The Balaban J connectivity index is 1.76. The molecule has 0 unspecified atom stereocenters. The average molecular weight is 667 g/mol. The predicted octanol–water partition coefficient (Wildman–Crippen LogP) is 0.552. The number of para-hydroxylation sites is 1. The summed E-state index contributed by atoms with van der Waals surface area (Å²) in [7, 11) is 0. The van der Waals surface area contributed by atoms with Gasteiger partial charge in [-0.1, -0.05) is 50.6 Å². The maximum absolute atomic E-state index is 13.6. The van der Waals surface area contributed by atoms with Gasteiger partial charge in [0.25, 0.3) is 0 Å². The number of benzene rings is 2. The van der Waals surface area contributed by atoms with E-state index in [4.69, 9.17) is 10.8 Å². The van der Waals surface area contributed by atoms with E-state index in [-0.39, 0.29) is 31.4 Å². The molecule has 1 heterocycles. The summed E-state index contributed by atoms with van der Waals surface area (Å²) in [6.07, 6.45) is 1.56. The number of nitrogens with two attached hydrogens (primary N) is 1. The summed E-state index contributed by atoms with van der Waals surface area (Å²) >= 11 is 0. The van der Waals surface area contributed by atoms with Crippen LogP contribution in [0.1, 0.15) is 44.2 Å². The van der Waals surface area contributed by atoms with Crippen molar-refractivity contribution >= 4 is 46.5 Å². The molecule has 0 saturated carbocycles. The number of aliphatic carboxylic acids is 2. The van der Waals surface area contributed by atoms with E-state index in [1.807, 2.05) is 24.3 Å². The van der Waals surface area contributed by atoms with Crippen LogP contribution in [-0.2, 0) is 41.6 Å². The number of carbonyl (C=O) groups is 6. The fourth-order valence-electron chi connectivity index (χ4n) is 4.97. The minimum absolute atomic E-state index is 0.0112. The van der Waals surface area contributed by atoms with Gasteiger partial charge in [0.2, 0.25) is 23.6 Å². The van der Waals surface area contributed by atoms with Crippen LogP contribution in [0.5, 0.6) is 5.75 Å². The zero-order valence-electron chi connectivity index (χ0n) is 26.7. The maximum Gasteiger partial charge on any atom is 0.326 e. The molecular weight excluding hydrogens is 624 g/mol. The van der Waals surface area contributed by atoms with Gasteiger partial charge < -0.3 is 47.3 Å². The molecule has 15 heteroatoms. The number of phenols is 1. The van der Waals surface area contributed by atoms with E-state index in [9.17, 15) is 39.0 Å². The number of carboxylic acid groups (broad SMARTS) is 2. The molecule has 10 N–H and O–H groups in total. The molecule has 15 nitrogen and oxygen atoms in total. The third-order valence-corrected chi connectivity index (χ3v) is 7.96. The van der Waals surface area contributed by atoms with E-state index < -0.39 is 72.2 Å². The fraction of sp³-hybridized carbons (Fsp3) is 0.394. The van der Waals surface area contributed by atoms with E-state index >= 15 is 0 Å². The molecule has 0 aliphatic heterocycles. The van der Waals surface area contributed by atoms with E-state index in [1.54, 1.807) is 32.2 Å². The highest BCUT2D eigenvalue weighted by atomic mass is 16.4. The Kier molecular flexibility index (Phi) is 13.5. The first-order valence-electron chi connectivity index (χ1n) is 15.5. The standard InChI is InChI=1S/C33H42N6O9/c1-3-18(2)29(39-27(41)17-36-30(44)23(34)12-13-28(42)43)32(46)37-25(14-19-8-10-21(40)11-9-19)31(45)38-26(33(47)48)15-20-16-35-24-7-5-4-6-22(20)24/h4-11,16,18,23,25-26,29,35,40H,3,12-15,17,34H2,1-2H3,(H,36,44)(H,37,46)(H,38,45)(H,39,41)(H,42,43)(H,47,48)/t18-,23-,25-,26-,29-/m0/s1. The molecule has 0 aliphatic rings. The Morgan fingerprint density at radius 2 is 1.52 bits per heavy atom. The van der Waals surface area contributed by atoms with Crippen LogP contribution in [0, 0.1) is 5.92 Å². The second-order valence-electron chi connectivity index (χ2n) is 11.6. The van der Waals surface area contributed by atoms with Crippen molar-refractivity contribution in [3.05, 3.63) is 65.9 Å². The number of carboxylic acids is 2. The zero-order valence-corrected chi connectivity index (χ0v) is 26.7. The summed E-state index contributed by atoms with van der Waals surface area (Å²) in [5.41, 5.74) is 7.72. The van der Waals surface area contributed by atoms with E-state index in [2.05, 4.69) is 26.3 Å². The molecule has 3 rings (SSSR count). The normalized spacial score (nSPS) is 14.1. The van der Waals surface area contributed by atoms with Gasteiger partial charge >= 0.3 is 11.9 Å². The van der Waals surface area contributed by atoms with Crippen LogP contribution in [0.15, 0.2) is 54.7 Å². The zero-order chi connectivity index (χ0) is 35.4. The van der Waals surface area contributed by atoms with Crippen LogP contribution in [0.25, 0.3) is 10.9 Å². The van der Waals surface area contributed by atoms with Crippen LogP contribution >= 0.6 is 0 Å². The Morgan fingerprint density at radius 3 is 2.17 bits per heavy atom. The summed E-state index contributed by atoms with van der Waals surface area (Å²) in [6, 6.07) is 8.35. The summed E-state index contributed by atoms with van der Waals surface area (Å²) in [5.74, 6) is -5.79. The van der Waals surface area contributed by atoms with Crippen LogP contribution < -0.4 is 27.0 Å². The number of fused-ring (bicyclic) bond motifs is 1. The highest BCUT2D eigenvalue weighted by Gasteiger charge is 2.32. The van der Waals surface area contributed by atoms with Crippen molar-refractivity contribution < 1.29 is 44.1 Å². The molecule has 1 aromatic heterocycles. The second kappa shape index (κ2) is 17.5. The van der Waals surface area contributed by atoms with Crippen LogP contribution in [0.4, 0.5) is 0 Å². The molecule has 5 atom stereocenters. The number of hydrogen-bond donors (Lipinski definition) is 9. The first-order valence-corrected chi connectivity index (χ1v) is 15.5. The molecule has 2 aromatic carbocycles. The van der Waals surface area contributed by atoms with Crippen molar-refractivity contribution in [3.8, 4) is 5.75 Å². The van der Waals surface area contributed by atoms with E-state index in [1.165, 1.54) is 12.1 Å². The van der Waals surface area contributed by atoms with Crippen LogP contribution in [0.3, 0.4) is 0 Å². The van der Waals surface area contributed by atoms with Crippen molar-refractivity contribution in [1.29, 1.82) is 0 Å². The Labute approximate surface area is 276 Å². The number of H-pyrrole nitrogens is 1. The van der Waals surface area contributed by atoms with Gasteiger partial charge in [0.15, 0.2) is 0 Å². The molecule has 3 aromatic rings. The number of aromatic hydroxyl groups is 1. The first-order chi connectivity index (χ1) is 22.8. The summed E-state index contributed by atoms with van der Waals surface area (Å²) in [6.45, 7) is 2.97. The lowest BCUT2D eigenvalue weighted by atomic mass is 9.97. The predicted molar refractivity (Wildman–Crippen MR) is 175 cm³/mol. The molecule has 0 radical (unpaired) electrons. The smallest absolute Gasteiger partial charge is 0.326 e. The second-order valence-corrected chi connectivity index (χ2v) is 11.6. The van der Waals surface area contributed by atoms with Crippen molar-refractivity contribution in [2.24, 2.45) is 11.7 Å². The third kappa shape index (κ3) is 10.8. The van der Waals surface area contributed by atoms with Crippen LogP contribution in [0.2, 0.25) is 0 Å². The number of rotatable bonds is 18. The fourth-order valence-corrected chi connectivity index (χ4v) is 4.97. The van der Waals surface area contributed by atoms with Gasteiger partial charge in [-0.2, -0.15) is 0 Å². The quantitative estimate of drug-likeness (QED) is 0.0911. The minimum Gasteiger partial charge on any atom is -0.508 e. The number of phenolic OH excluding ortho intramolecular Hbond substituents is 1. The molecule has 0 fully saturated rings. The molecule has 0 spiro atoms. The minimum atomic E-state index is -1.34. The van der Waals surface area contributed by atoms with Crippen LogP contribution in [-0.4, -0.2) is 86.6 Å². The van der Waals surface area contributed by atoms with Gasteiger partial charge in [0.05, 0.1) is 12.6 Å². The SMILES string of the molecule is CC[C@H](C)[C@H](NC(=O)CNC(=O)[C@@H](N)CCC(=O)O)C(=O)N[C@@H](Cc1ccc(O)cc1)C(=O)N[C@@H](Cc1c[nH]c2ccccc12)C(=O)O. The number of hydrogen-bond acceptors (Lipinski definition) is 8. The van der Waals surface area contributed by atoms with Crippen molar-refractivity contribution in [3.63, 3.8) is 0 Å². The topological polar surface area (TPSA) is 253 Å². The Bertz CT molecular complexity index is 1610. The van der Waals surface area contributed by atoms with Crippen molar-refractivity contribution in [1.82, 2.24) is 26.3 Å². The first kappa shape index (κ1) is 37.0. The largest absolute Gasteiger partial charge is 0.508 e. The molecule has 4 amide bonds. The highest BCUT2D eigenvalue weighted by Crippen LogP contribution is 2.20. The number of nitrogens with one attached hydrogen (secondary N) is 5. The summed E-state index contributed by atoms with van der Waals surface area (Å²) < 4.78 is 0. The lowest BCUT2D eigenvalue weighted by Crippen LogP contribution is -2.58. The lowest BCUT2D eigenvalue weighted by molar-refractivity contribution is -0.142. The van der Waals surface area contributed by atoms with Crippen molar-refractivity contribution in [2.75, 3.05) is 6.54 Å². The molecule has 48 heavy (non-hydrogen) atoms. The number of aromatic nitrogens is 1. The van der Waals surface area contributed by atoms with E-state index in [0.717, 1.165) is 10.9 Å². The number of amides is 4. The Morgan fingerprint density at radius 1 is 0.854 bits per heavy atom. The van der Waals surface area contributed by atoms with Gasteiger partial charge in [0.1, 0.15) is 23.9 Å². The lowest BCUT2D eigenvalue weighted by Gasteiger charge is -2.27. The third-order valence-electron chi connectivity index (χ3n) is 7.96. The van der Waals surface area contributed by atoms with Gasteiger partial charge in [-0.05, 0) is 41.7 Å². The molecule has 0 bridgehead atoms. The molecular formula is C33H42N6O9. The molecule has 258 valence electrons. The van der Waals surface area contributed by atoms with Gasteiger partial charge in [-0.3, -0.25) is 24.0 Å². The molecule has 0 aliphatic carbocycles. The molecule has 0 saturated heterocycles. The highest BCUT2D eigenvalue weighted by molar-refractivity contribution is 5.95. The van der Waals surface area contributed by atoms with Gasteiger partial charge in [-0.15, -0.1) is 0 Å². The Hall–Kier alpha value is -5.44. The maximum atomic E-state index is 13.6. The summed E-state index contributed by atoms with van der Waals surface area (Å²) in [4.78, 5) is 78.3. The van der Waals surface area contributed by atoms with Crippen molar-refractivity contribution in [2.45, 2.75) is 70.1 Å². The van der Waals surface area contributed by atoms with E-state index in [0.29, 0.717) is 17.5 Å². The number of aromatic amines is 1.